The lowest BCUT2D eigenvalue weighted by Crippen LogP contribution is -2.49. The summed E-state index contributed by atoms with van der Waals surface area (Å²) >= 11 is 0. The van der Waals surface area contributed by atoms with Gasteiger partial charge in [-0.25, -0.2) is 4.99 Å². The number of carbonyl (C=O) groups is 1. The van der Waals surface area contributed by atoms with Crippen molar-refractivity contribution in [2.24, 2.45) is 9.98 Å². The lowest BCUT2D eigenvalue weighted by atomic mass is 10.0. The minimum absolute atomic E-state index is 0.00129. The number of aromatic nitrogens is 1. The van der Waals surface area contributed by atoms with E-state index in [0.717, 1.165) is 60.4 Å². The van der Waals surface area contributed by atoms with Crippen LogP contribution in [0.5, 0.6) is 0 Å². The highest BCUT2D eigenvalue weighted by Crippen LogP contribution is 2.38. The van der Waals surface area contributed by atoms with Gasteiger partial charge in [-0.05, 0) is 30.3 Å². The molecule has 1 aromatic heterocycles. The van der Waals surface area contributed by atoms with Gasteiger partial charge in [0.05, 0.1) is 17.9 Å². The van der Waals surface area contributed by atoms with Crippen molar-refractivity contribution in [1.29, 1.82) is 0 Å². The second kappa shape index (κ2) is 8.16. The molecule has 1 amide bonds. The van der Waals surface area contributed by atoms with E-state index in [1.54, 1.807) is 12.3 Å². The highest BCUT2D eigenvalue weighted by atomic mass is 16.2. The fourth-order valence-corrected chi connectivity index (χ4v) is 4.68. The number of anilines is 2. The number of aliphatic imine (C=N–C) groups is 2. The van der Waals surface area contributed by atoms with E-state index in [4.69, 9.17) is 9.98 Å². The van der Waals surface area contributed by atoms with E-state index < -0.39 is 0 Å². The number of benzene rings is 2. The topological polar surface area (TPSA) is 64.4 Å². The van der Waals surface area contributed by atoms with Gasteiger partial charge in [0, 0.05) is 50.2 Å². The minimum atomic E-state index is 0.00129. The number of piperazine rings is 1. The third-order valence-electron chi connectivity index (χ3n) is 6.40. The third-order valence-corrected chi connectivity index (χ3v) is 6.40. The van der Waals surface area contributed by atoms with E-state index in [2.05, 4.69) is 45.1 Å². The molecule has 3 aromatic rings. The maximum atomic E-state index is 12.7. The molecule has 0 spiro atoms. The molecule has 0 unspecified atom stereocenters. The standard InChI is InChI=1S/C26H24N6O/c33-26(22-8-4-5-11-27-22)31-16-14-30(15-17-31)20-9-10-21-23(18-20)32-13-12-28-25(32)24(29-21)19-6-2-1-3-7-19/h1-11,18H,12-17H2. The first-order chi connectivity index (χ1) is 16.3. The molecule has 3 aliphatic rings. The zero-order valence-electron chi connectivity index (χ0n) is 18.3. The predicted molar refractivity (Wildman–Crippen MR) is 131 cm³/mol. The van der Waals surface area contributed by atoms with Crippen molar-refractivity contribution in [3.05, 3.63) is 84.2 Å². The van der Waals surface area contributed by atoms with Crippen LogP contribution in [0.25, 0.3) is 0 Å². The molecule has 1 fully saturated rings. The SMILES string of the molecule is O=C(c1ccccn1)N1CCN(c2ccc3c(c2)N2CCN=C2C(c2ccccc2)=N3)CC1. The van der Waals surface area contributed by atoms with Crippen molar-refractivity contribution in [1.82, 2.24) is 9.88 Å². The maximum absolute atomic E-state index is 12.7. The van der Waals surface area contributed by atoms with E-state index in [1.807, 2.05) is 35.2 Å². The fourth-order valence-electron chi connectivity index (χ4n) is 4.68. The fraction of sp³-hybridized carbons (Fsp3) is 0.231. The molecule has 33 heavy (non-hydrogen) atoms. The molecule has 7 nitrogen and oxygen atoms in total. The minimum Gasteiger partial charge on any atom is -0.368 e. The summed E-state index contributed by atoms with van der Waals surface area (Å²) in [4.78, 5) is 33.2. The lowest BCUT2D eigenvalue weighted by Gasteiger charge is -2.37. The highest BCUT2D eigenvalue weighted by Gasteiger charge is 2.31. The number of hydrogen-bond donors (Lipinski definition) is 0. The Kier molecular flexibility index (Phi) is 4.87. The number of amides is 1. The zero-order chi connectivity index (χ0) is 22.2. The first-order valence-corrected chi connectivity index (χ1v) is 11.3. The zero-order valence-corrected chi connectivity index (χ0v) is 18.3. The van der Waals surface area contributed by atoms with Gasteiger partial charge in [0.1, 0.15) is 11.4 Å². The Balaban J connectivity index is 1.23. The van der Waals surface area contributed by atoms with E-state index in [1.165, 1.54) is 0 Å². The first kappa shape index (κ1) is 19.7. The van der Waals surface area contributed by atoms with Gasteiger partial charge in [-0.3, -0.25) is 14.8 Å². The van der Waals surface area contributed by atoms with Crippen LogP contribution in [-0.2, 0) is 0 Å². The number of nitrogens with zero attached hydrogens (tertiary/aromatic N) is 6. The van der Waals surface area contributed by atoms with Gasteiger partial charge in [0.15, 0.2) is 5.84 Å². The molecule has 7 heteroatoms. The number of hydrogen-bond acceptors (Lipinski definition) is 6. The Bertz CT molecular complexity index is 1250. The summed E-state index contributed by atoms with van der Waals surface area (Å²) in [6, 6.07) is 22.2. The Morgan fingerprint density at radius 2 is 1.67 bits per heavy atom. The maximum Gasteiger partial charge on any atom is 0.272 e. The van der Waals surface area contributed by atoms with Crippen molar-refractivity contribution in [2.75, 3.05) is 49.1 Å². The monoisotopic (exact) mass is 436 g/mol. The number of rotatable bonds is 3. The molecule has 2 aromatic carbocycles. The van der Waals surface area contributed by atoms with Gasteiger partial charge < -0.3 is 14.7 Å². The molecule has 1 saturated heterocycles. The number of fused-ring (bicyclic) bond motifs is 3. The average Bonchev–Trinajstić information content (AvgIpc) is 3.39. The van der Waals surface area contributed by atoms with Gasteiger partial charge in [0.25, 0.3) is 5.91 Å². The molecular formula is C26H24N6O. The molecule has 164 valence electrons. The predicted octanol–water partition coefficient (Wildman–Crippen LogP) is 3.40. The van der Waals surface area contributed by atoms with E-state index in [-0.39, 0.29) is 5.91 Å². The summed E-state index contributed by atoms with van der Waals surface area (Å²) in [6.07, 6.45) is 1.66. The van der Waals surface area contributed by atoms with E-state index in [0.29, 0.717) is 18.8 Å². The van der Waals surface area contributed by atoms with Crippen LogP contribution in [0.4, 0.5) is 17.1 Å². The molecule has 0 atom stereocenters. The van der Waals surface area contributed by atoms with Crippen molar-refractivity contribution in [2.45, 2.75) is 0 Å². The summed E-state index contributed by atoms with van der Waals surface area (Å²) in [5, 5.41) is 0. The number of carbonyl (C=O) groups excluding carboxylic acids is 1. The molecule has 0 bridgehead atoms. The molecule has 3 aliphatic heterocycles. The van der Waals surface area contributed by atoms with Crippen LogP contribution in [0.3, 0.4) is 0 Å². The average molecular weight is 437 g/mol. The van der Waals surface area contributed by atoms with Gasteiger partial charge in [-0.1, -0.05) is 36.4 Å². The van der Waals surface area contributed by atoms with Crippen molar-refractivity contribution in [3.8, 4) is 0 Å². The van der Waals surface area contributed by atoms with Crippen LogP contribution in [0.15, 0.2) is 82.9 Å². The van der Waals surface area contributed by atoms with Crippen LogP contribution in [0.2, 0.25) is 0 Å². The van der Waals surface area contributed by atoms with Crippen LogP contribution in [0.1, 0.15) is 16.1 Å². The Labute approximate surface area is 192 Å². The second-order valence-electron chi connectivity index (χ2n) is 8.35. The molecule has 0 N–H and O–H groups in total. The number of pyridine rings is 1. The van der Waals surface area contributed by atoms with Gasteiger partial charge in [-0.15, -0.1) is 0 Å². The summed E-state index contributed by atoms with van der Waals surface area (Å²) in [7, 11) is 0. The summed E-state index contributed by atoms with van der Waals surface area (Å²) in [6.45, 7) is 4.58. The summed E-state index contributed by atoms with van der Waals surface area (Å²) < 4.78 is 0. The van der Waals surface area contributed by atoms with Crippen LogP contribution in [0, 0.1) is 0 Å². The molecular weight excluding hydrogens is 412 g/mol. The largest absolute Gasteiger partial charge is 0.368 e. The Morgan fingerprint density at radius 1 is 0.848 bits per heavy atom. The third kappa shape index (κ3) is 3.55. The van der Waals surface area contributed by atoms with Crippen molar-refractivity contribution >= 4 is 34.5 Å². The van der Waals surface area contributed by atoms with Gasteiger partial charge >= 0.3 is 0 Å². The van der Waals surface area contributed by atoms with E-state index >= 15 is 0 Å². The van der Waals surface area contributed by atoms with Crippen molar-refractivity contribution in [3.63, 3.8) is 0 Å². The van der Waals surface area contributed by atoms with Crippen LogP contribution < -0.4 is 9.80 Å². The first-order valence-electron chi connectivity index (χ1n) is 11.3. The molecule has 4 heterocycles. The quantitative estimate of drug-likeness (QED) is 0.631. The van der Waals surface area contributed by atoms with Crippen LogP contribution in [-0.4, -0.2) is 66.6 Å². The van der Waals surface area contributed by atoms with Crippen molar-refractivity contribution < 1.29 is 4.79 Å². The number of amidine groups is 1. The molecule has 0 aliphatic carbocycles. The molecule has 0 radical (unpaired) electrons. The van der Waals surface area contributed by atoms with Crippen LogP contribution >= 0.6 is 0 Å². The van der Waals surface area contributed by atoms with E-state index in [9.17, 15) is 4.79 Å². The second-order valence-corrected chi connectivity index (χ2v) is 8.35. The van der Waals surface area contributed by atoms with Gasteiger partial charge in [-0.2, -0.15) is 0 Å². The Hall–Kier alpha value is -4.00. The Morgan fingerprint density at radius 3 is 2.45 bits per heavy atom. The highest BCUT2D eigenvalue weighted by molar-refractivity contribution is 6.53. The van der Waals surface area contributed by atoms with Gasteiger partial charge in [0.2, 0.25) is 0 Å². The normalized spacial score (nSPS) is 17.3. The summed E-state index contributed by atoms with van der Waals surface area (Å²) in [5.74, 6) is 0.956. The smallest absolute Gasteiger partial charge is 0.272 e. The summed E-state index contributed by atoms with van der Waals surface area (Å²) in [5.41, 5.74) is 5.77. The lowest BCUT2D eigenvalue weighted by molar-refractivity contribution is 0.0741. The molecule has 0 saturated carbocycles. The molecule has 6 rings (SSSR count).